The van der Waals surface area contributed by atoms with E-state index in [1.54, 1.807) is 7.11 Å². The molecule has 1 fully saturated rings. The molecule has 0 aliphatic carbocycles. The molecule has 1 aliphatic rings. The molecule has 0 aromatic rings. The van der Waals surface area contributed by atoms with Crippen molar-refractivity contribution < 1.29 is 9.53 Å². The molecule has 1 unspecified atom stereocenters. The van der Waals surface area contributed by atoms with Gasteiger partial charge in [0.1, 0.15) is 0 Å². The number of piperidine rings is 1. The summed E-state index contributed by atoms with van der Waals surface area (Å²) >= 11 is 0. The third kappa shape index (κ3) is 3.76. The van der Waals surface area contributed by atoms with Gasteiger partial charge in [0.25, 0.3) is 0 Å². The van der Waals surface area contributed by atoms with E-state index in [4.69, 9.17) is 4.74 Å². The molecular formula is C12H24N2O2. The Hall–Kier alpha value is -0.610. The summed E-state index contributed by atoms with van der Waals surface area (Å²) in [7, 11) is 1.69. The van der Waals surface area contributed by atoms with E-state index in [-0.39, 0.29) is 11.3 Å². The Labute approximate surface area is 98.1 Å². The molecular weight excluding hydrogens is 204 g/mol. The molecule has 1 rings (SSSR count). The Bertz CT molecular complexity index is 225. The van der Waals surface area contributed by atoms with Crippen molar-refractivity contribution in [2.45, 2.75) is 26.7 Å². The van der Waals surface area contributed by atoms with Gasteiger partial charge in [-0.25, -0.2) is 0 Å². The number of carbonyl (C=O) groups excluding carboxylic acids is 1. The maximum absolute atomic E-state index is 12.0. The van der Waals surface area contributed by atoms with Crippen molar-refractivity contribution >= 4 is 5.91 Å². The number of rotatable bonds is 5. The second-order valence-electron chi connectivity index (χ2n) is 5.08. The molecule has 4 nitrogen and oxygen atoms in total. The molecule has 0 spiro atoms. The fraction of sp³-hybridized carbons (Fsp3) is 0.917. The van der Waals surface area contributed by atoms with Crippen LogP contribution >= 0.6 is 0 Å². The zero-order valence-electron chi connectivity index (χ0n) is 10.6. The maximum Gasteiger partial charge on any atom is 0.226 e. The van der Waals surface area contributed by atoms with Gasteiger partial charge in [0, 0.05) is 19.1 Å². The minimum Gasteiger partial charge on any atom is -0.384 e. The summed E-state index contributed by atoms with van der Waals surface area (Å²) in [5, 5.41) is 6.31. The Morgan fingerprint density at radius 1 is 1.50 bits per heavy atom. The van der Waals surface area contributed by atoms with Crippen LogP contribution < -0.4 is 10.6 Å². The van der Waals surface area contributed by atoms with Crippen LogP contribution in [-0.2, 0) is 9.53 Å². The molecule has 16 heavy (non-hydrogen) atoms. The highest BCUT2D eigenvalue weighted by Crippen LogP contribution is 2.27. The van der Waals surface area contributed by atoms with Crippen LogP contribution in [0.5, 0.6) is 0 Å². The van der Waals surface area contributed by atoms with Crippen molar-refractivity contribution in [3.8, 4) is 0 Å². The number of carbonyl (C=O) groups is 1. The average molecular weight is 228 g/mol. The molecule has 1 saturated heterocycles. The summed E-state index contributed by atoms with van der Waals surface area (Å²) in [6.07, 6.45) is 1.86. The fourth-order valence-electron chi connectivity index (χ4n) is 2.03. The highest BCUT2D eigenvalue weighted by Gasteiger charge is 2.34. The molecule has 4 heteroatoms. The second kappa shape index (κ2) is 6.21. The fourth-order valence-corrected chi connectivity index (χ4v) is 2.03. The lowest BCUT2D eigenvalue weighted by Gasteiger charge is -2.32. The highest BCUT2D eigenvalue weighted by atomic mass is 16.5. The molecule has 94 valence electrons. The van der Waals surface area contributed by atoms with Crippen molar-refractivity contribution in [3.63, 3.8) is 0 Å². The van der Waals surface area contributed by atoms with E-state index in [9.17, 15) is 4.79 Å². The lowest BCUT2D eigenvalue weighted by atomic mass is 9.80. The summed E-state index contributed by atoms with van der Waals surface area (Å²) in [6.45, 7) is 7.42. The molecule has 0 aromatic carbocycles. The Morgan fingerprint density at radius 2 is 2.12 bits per heavy atom. The number of hydrogen-bond acceptors (Lipinski definition) is 3. The molecule has 1 amide bonds. The van der Waals surface area contributed by atoms with Crippen LogP contribution in [0.2, 0.25) is 0 Å². The van der Waals surface area contributed by atoms with Gasteiger partial charge in [-0.15, -0.1) is 0 Å². The lowest BCUT2D eigenvalue weighted by molar-refractivity contribution is -0.131. The van der Waals surface area contributed by atoms with Crippen LogP contribution in [0.15, 0.2) is 0 Å². The van der Waals surface area contributed by atoms with E-state index in [1.165, 1.54) is 0 Å². The quantitative estimate of drug-likeness (QED) is 0.731. The number of amides is 1. The van der Waals surface area contributed by atoms with Crippen LogP contribution in [0.4, 0.5) is 0 Å². The van der Waals surface area contributed by atoms with Gasteiger partial charge in [0.05, 0.1) is 6.61 Å². The van der Waals surface area contributed by atoms with E-state index in [0.717, 1.165) is 25.9 Å². The van der Waals surface area contributed by atoms with Crippen LogP contribution in [0.1, 0.15) is 26.7 Å². The summed E-state index contributed by atoms with van der Waals surface area (Å²) < 4.78 is 5.05. The zero-order valence-corrected chi connectivity index (χ0v) is 10.6. The summed E-state index contributed by atoms with van der Waals surface area (Å²) in [4.78, 5) is 12.0. The third-order valence-corrected chi connectivity index (χ3v) is 3.32. The largest absolute Gasteiger partial charge is 0.384 e. The van der Waals surface area contributed by atoms with Gasteiger partial charge >= 0.3 is 0 Å². The van der Waals surface area contributed by atoms with Gasteiger partial charge in [-0.05, 0) is 31.8 Å². The first-order valence-corrected chi connectivity index (χ1v) is 6.06. The van der Waals surface area contributed by atoms with Crippen LogP contribution in [0.3, 0.4) is 0 Å². The Kier molecular flexibility index (Phi) is 5.22. The summed E-state index contributed by atoms with van der Waals surface area (Å²) in [5.41, 5.74) is -0.182. The maximum atomic E-state index is 12.0. The number of hydrogen-bond donors (Lipinski definition) is 2. The number of methoxy groups -OCH3 is 1. The van der Waals surface area contributed by atoms with E-state index < -0.39 is 0 Å². The molecule has 0 aromatic heterocycles. The van der Waals surface area contributed by atoms with Gasteiger partial charge in [0.15, 0.2) is 0 Å². The molecule has 0 radical (unpaired) electrons. The van der Waals surface area contributed by atoms with Crippen LogP contribution in [-0.4, -0.2) is 39.3 Å². The smallest absolute Gasteiger partial charge is 0.226 e. The number of nitrogens with one attached hydrogen (secondary N) is 2. The van der Waals surface area contributed by atoms with Gasteiger partial charge in [-0.3, -0.25) is 4.79 Å². The van der Waals surface area contributed by atoms with Gasteiger partial charge in [-0.2, -0.15) is 0 Å². The van der Waals surface area contributed by atoms with E-state index in [2.05, 4.69) is 24.5 Å². The van der Waals surface area contributed by atoms with Gasteiger partial charge in [-0.1, -0.05) is 13.8 Å². The number of ether oxygens (including phenoxy) is 1. The summed E-state index contributed by atoms with van der Waals surface area (Å²) in [5.74, 6) is 0.566. The van der Waals surface area contributed by atoms with Gasteiger partial charge < -0.3 is 15.4 Å². The van der Waals surface area contributed by atoms with Crippen molar-refractivity contribution in [2.24, 2.45) is 11.3 Å². The minimum absolute atomic E-state index is 0.182. The van der Waals surface area contributed by atoms with E-state index >= 15 is 0 Å². The first kappa shape index (κ1) is 13.5. The predicted octanol–water partition coefficient (Wildman–Crippen LogP) is 0.775. The predicted molar refractivity (Wildman–Crippen MR) is 64.3 cm³/mol. The lowest BCUT2D eigenvalue weighted by Crippen LogP contribution is -2.46. The van der Waals surface area contributed by atoms with Crippen molar-refractivity contribution in [1.29, 1.82) is 0 Å². The highest BCUT2D eigenvalue weighted by molar-refractivity contribution is 5.82. The van der Waals surface area contributed by atoms with Gasteiger partial charge in [0.2, 0.25) is 5.91 Å². The van der Waals surface area contributed by atoms with Crippen LogP contribution in [0, 0.1) is 11.3 Å². The van der Waals surface area contributed by atoms with E-state index in [0.29, 0.717) is 19.1 Å². The SMILES string of the molecule is COCC(C)CNC(=O)C1(C)CCNCC1. The monoisotopic (exact) mass is 228 g/mol. The third-order valence-electron chi connectivity index (χ3n) is 3.32. The molecule has 1 aliphatic heterocycles. The Morgan fingerprint density at radius 3 is 2.69 bits per heavy atom. The van der Waals surface area contributed by atoms with E-state index in [1.807, 2.05) is 0 Å². The second-order valence-corrected chi connectivity index (χ2v) is 5.08. The molecule has 2 N–H and O–H groups in total. The zero-order chi connectivity index (χ0) is 12.0. The average Bonchev–Trinajstić information content (AvgIpc) is 2.27. The van der Waals surface area contributed by atoms with Crippen molar-refractivity contribution in [1.82, 2.24) is 10.6 Å². The minimum atomic E-state index is -0.182. The summed E-state index contributed by atoms with van der Waals surface area (Å²) in [6, 6.07) is 0. The molecule has 0 bridgehead atoms. The van der Waals surface area contributed by atoms with Crippen LogP contribution in [0.25, 0.3) is 0 Å². The standard InChI is InChI=1S/C12H24N2O2/c1-10(9-16-3)8-14-11(15)12(2)4-6-13-7-5-12/h10,13H,4-9H2,1-3H3,(H,14,15). The van der Waals surface area contributed by atoms with Crippen molar-refractivity contribution in [2.75, 3.05) is 33.4 Å². The first-order valence-electron chi connectivity index (χ1n) is 6.06. The normalized spacial score (nSPS) is 21.4. The van der Waals surface area contributed by atoms with Crippen molar-refractivity contribution in [3.05, 3.63) is 0 Å². The first-order chi connectivity index (χ1) is 7.58. The Balaban J connectivity index is 2.33. The molecule has 1 heterocycles. The molecule has 0 saturated carbocycles. The molecule has 1 atom stereocenters. The topological polar surface area (TPSA) is 50.4 Å².